The fourth-order valence-electron chi connectivity index (χ4n) is 1.11. The molecule has 0 saturated heterocycles. The summed E-state index contributed by atoms with van der Waals surface area (Å²) in [5, 5.41) is 12.4. The van der Waals surface area contributed by atoms with Crippen molar-refractivity contribution < 1.29 is 9.57 Å². The zero-order valence-electron chi connectivity index (χ0n) is 9.43. The second-order valence-corrected chi connectivity index (χ2v) is 3.13. The first kappa shape index (κ1) is 12.1. The fourth-order valence-corrected chi connectivity index (χ4v) is 1.11. The summed E-state index contributed by atoms with van der Waals surface area (Å²) in [5.74, 6) is 0.510. The number of benzene rings is 1. The van der Waals surface area contributed by atoms with Gasteiger partial charge < -0.3 is 9.57 Å². The number of ether oxygens (including phenoxy) is 1. The Balaban J connectivity index is 2.43. The molecule has 0 aliphatic heterocycles. The number of hydrogen-bond acceptors (Lipinski definition) is 4. The fraction of sp³-hybridized carbons (Fsp3) is 0.333. The molecule has 0 amide bonds. The predicted molar refractivity (Wildman–Crippen MR) is 60.7 cm³/mol. The van der Waals surface area contributed by atoms with Gasteiger partial charge in [-0.15, -0.1) is 0 Å². The van der Waals surface area contributed by atoms with Crippen molar-refractivity contribution in [3.63, 3.8) is 0 Å². The summed E-state index contributed by atoms with van der Waals surface area (Å²) >= 11 is 0. The van der Waals surface area contributed by atoms with Crippen molar-refractivity contribution in [2.45, 2.75) is 20.5 Å². The van der Waals surface area contributed by atoms with Gasteiger partial charge in [-0.05, 0) is 24.6 Å². The summed E-state index contributed by atoms with van der Waals surface area (Å²) in [5.41, 5.74) is 1.60. The zero-order valence-corrected chi connectivity index (χ0v) is 9.43. The molecule has 4 heteroatoms. The largest absolute Gasteiger partial charge is 0.479 e. The van der Waals surface area contributed by atoms with Gasteiger partial charge in [0.25, 0.3) is 0 Å². The van der Waals surface area contributed by atoms with Crippen LogP contribution in [0.5, 0.6) is 0 Å². The first-order valence-corrected chi connectivity index (χ1v) is 5.04. The highest BCUT2D eigenvalue weighted by Crippen LogP contribution is 2.04. The molecule has 0 bridgehead atoms. The van der Waals surface area contributed by atoms with E-state index in [1.807, 2.05) is 19.1 Å². The second kappa shape index (κ2) is 6.46. The topological polar surface area (TPSA) is 54.6 Å². The molecule has 0 saturated carbocycles. The van der Waals surface area contributed by atoms with E-state index in [2.05, 4.69) is 11.2 Å². The molecule has 0 atom stereocenters. The molecule has 0 aliphatic carbocycles. The minimum Gasteiger partial charge on any atom is -0.479 e. The van der Waals surface area contributed by atoms with Crippen LogP contribution in [-0.4, -0.2) is 12.5 Å². The summed E-state index contributed by atoms with van der Waals surface area (Å²) in [4.78, 5) is 5.09. The lowest BCUT2D eigenvalue weighted by molar-refractivity contribution is 0.119. The average molecular weight is 218 g/mol. The molecule has 0 aliphatic rings. The van der Waals surface area contributed by atoms with Crippen LogP contribution in [0.15, 0.2) is 29.4 Å². The third-order valence-corrected chi connectivity index (χ3v) is 1.86. The van der Waals surface area contributed by atoms with Crippen LogP contribution in [0, 0.1) is 11.3 Å². The minimum atomic E-state index is 0.371. The molecule has 1 aromatic rings. The molecule has 16 heavy (non-hydrogen) atoms. The SMILES string of the molecule is CCOC(C)=NOCc1ccc(C#N)cc1. The maximum Gasteiger partial charge on any atom is 0.222 e. The first-order chi connectivity index (χ1) is 7.76. The molecule has 4 nitrogen and oxygen atoms in total. The monoisotopic (exact) mass is 218 g/mol. The van der Waals surface area contributed by atoms with Crippen LogP contribution in [-0.2, 0) is 16.2 Å². The van der Waals surface area contributed by atoms with Gasteiger partial charge in [0.1, 0.15) is 6.61 Å². The molecule has 0 radical (unpaired) electrons. The van der Waals surface area contributed by atoms with Crippen molar-refractivity contribution in [3.05, 3.63) is 35.4 Å². The maximum atomic E-state index is 8.62. The average Bonchev–Trinajstić information content (AvgIpc) is 2.30. The lowest BCUT2D eigenvalue weighted by atomic mass is 10.2. The molecule has 0 aromatic heterocycles. The van der Waals surface area contributed by atoms with Gasteiger partial charge in [0, 0.05) is 6.92 Å². The third-order valence-electron chi connectivity index (χ3n) is 1.86. The normalized spacial score (nSPS) is 10.7. The highest BCUT2D eigenvalue weighted by atomic mass is 16.6. The number of oxime groups is 1. The van der Waals surface area contributed by atoms with Gasteiger partial charge in [-0.2, -0.15) is 5.26 Å². The number of hydrogen-bond donors (Lipinski definition) is 0. The van der Waals surface area contributed by atoms with E-state index in [1.165, 1.54) is 0 Å². The summed E-state index contributed by atoms with van der Waals surface area (Å²) in [7, 11) is 0. The van der Waals surface area contributed by atoms with Crippen molar-refractivity contribution in [1.29, 1.82) is 5.26 Å². The molecule has 0 fully saturated rings. The van der Waals surface area contributed by atoms with Crippen LogP contribution in [0.1, 0.15) is 25.0 Å². The van der Waals surface area contributed by atoms with Crippen LogP contribution in [0.25, 0.3) is 0 Å². The molecular formula is C12H14N2O2. The Bertz CT molecular complexity index is 390. The van der Waals surface area contributed by atoms with Crippen molar-refractivity contribution in [1.82, 2.24) is 0 Å². The number of nitriles is 1. The van der Waals surface area contributed by atoms with Crippen molar-refractivity contribution in [3.8, 4) is 6.07 Å². The van der Waals surface area contributed by atoms with E-state index in [-0.39, 0.29) is 0 Å². The van der Waals surface area contributed by atoms with E-state index >= 15 is 0 Å². The van der Waals surface area contributed by atoms with Crippen molar-refractivity contribution in [2.75, 3.05) is 6.61 Å². The van der Waals surface area contributed by atoms with E-state index in [1.54, 1.807) is 19.1 Å². The van der Waals surface area contributed by atoms with Gasteiger partial charge in [0.2, 0.25) is 5.90 Å². The lowest BCUT2D eigenvalue weighted by Gasteiger charge is -2.02. The molecule has 0 N–H and O–H groups in total. The molecular weight excluding hydrogens is 204 g/mol. The molecule has 0 spiro atoms. The Labute approximate surface area is 95.1 Å². The highest BCUT2D eigenvalue weighted by Gasteiger charge is 1.95. The van der Waals surface area contributed by atoms with Crippen molar-refractivity contribution in [2.24, 2.45) is 5.16 Å². The van der Waals surface area contributed by atoms with Gasteiger partial charge in [-0.1, -0.05) is 17.3 Å². The Kier molecular flexibility index (Phi) is 4.87. The lowest BCUT2D eigenvalue weighted by Crippen LogP contribution is -1.99. The Morgan fingerprint density at radius 1 is 1.38 bits per heavy atom. The molecule has 0 heterocycles. The molecule has 84 valence electrons. The minimum absolute atomic E-state index is 0.371. The quantitative estimate of drug-likeness (QED) is 0.443. The number of nitrogens with zero attached hydrogens (tertiary/aromatic N) is 2. The Morgan fingerprint density at radius 3 is 2.62 bits per heavy atom. The van der Waals surface area contributed by atoms with Crippen LogP contribution < -0.4 is 0 Å². The van der Waals surface area contributed by atoms with E-state index in [0.717, 1.165) is 5.56 Å². The Morgan fingerprint density at radius 2 is 2.06 bits per heavy atom. The van der Waals surface area contributed by atoms with Crippen LogP contribution in [0.4, 0.5) is 0 Å². The second-order valence-electron chi connectivity index (χ2n) is 3.13. The molecule has 0 unspecified atom stereocenters. The predicted octanol–water partition coefficient (Wildman–Crippen LogP) is 2.44. The van der Waals surface area contributed by atoms with Crippen LogP contribution >= 0.6 is 0 Å². The van der Waals surface area contributed by atoms with Gasteiger partial charge in [-0.3, -0.25) is 0 Å². The van der Waals surface area contributed by atoms with Crippen molar-refractivity contribution >= 4 is 5.90 Å². The summed E-state index contributed by atoms with van der Waals surface area (Å²) in [6.45, 7) is 4.58. The Hall–Kier alpha value is -2.02. The molecule has 1 aromatic carbocycles. The maximum absolute atomic E-state index is 8.62. The van der Waals surface area contributed by atoms with Crippen LogP contribution in [0.2, 0.25) is 0 Å². The van der Waals surface area contributed by atoms with Gasteiger partial charge in [0.15, 0.2) is 0 Å². The van der Waals surface area contributed by atoms with Gasteiger partial charge in [0.05, 0.1) is 18.2 Å². The summed E-state index contributed by atoms with van der Waals surface area (Å²) in [6, 6.07) is 9.23. The first-order valence-electron chi connectivity index (χ1n) is 5.04. The standard InChI is InChI=1S/C12H14N2O2/c1-3-15-10(2)14-16-9-12-6-4-11(8-13)5-7-12/h4-7H,3,9H2,1-2H3. The number of rotatable bonds is 4. The zero-order chi connectivity index (χ0) is 11.8. The summed E-state index contributed by atoms with van der Waals surface area (Å²) in [6.07, 6.45) is 0. The van der Waals surface area contributed by atoms with Gasteiger partial charge in [-0.25, -0.2) is 0 Å². The smallest absolute Gasteiger partial charge is 0.222 e. The van der Waals surface area contributed by atoms with E-state index < -0.39 is 0 Å². The molecule has 1 rings (SSSR count). The van der Waals surface area contributed by atoms with E-state index in [4.69, 9.17) is 14.8 Å². The highest BCUT2D eigenvalue weighted by molar-refractivity contribution is 5.72. The summed E-state index contributed by atoms with van der Waals surface area (Å²) < 4.78 is 5.10. The third kappa shape index (κ3) is 4.01. The van der Waals surface area contributed by atoms with E-state index in [0.29, 0.717) is 24.7 Å². The van der Waals surface area contributed by atoms with Crippen LogP contribution in [0.3, 0.4) is 0 Å². The van der Waals surface area contributed by atoms with E-state index in [9.17, 15) is 0 Å². The van der Waals surface area contributed by atoms with Gasteiger partial charge >= 0.3 is 0 Å².